The largest absolute Gasteiger partial charge is 0.467 e. The molecule has 2 N–H and O–H groups in total. The predicted molar refractivity (Wildman–Crippen MR) is 107 cm³/mol. The number of methoxy groups -OCH3 is 1. The number of nitrogens with one attached hydrogen (secondary N) is 2. The second-order valence-corrected chi connectivity index (χ2v) is 7.96. The van der Waals surface area contributed by atoms with Gasteiger partial charge in [-0.15, -0.1) is 0 Å². The van der Waals surface area contributed by atoms with Crippen molar-refractivity contribution in [3.63, 3.8) is 0 Å². The van der Waals surface area contributed by atoms with E-state index in [2.05, 4.69) is 10.6 Å². The molecule has 1 aromatic rings. The Kier molecular flexibility index (Phi) is 8.75. The van der Waals surface area contributed by atoms with Crippen molar-refractivity contribution in [3.8, 4) is 0 Å². The summed E-state index contributed by atoms with van der Waals surface area (Å²) in [5, 5.41) is 5.74. The Balaban J connectivity index is 3.11. The van der Waals surface area contributed by atoms with Crippen LogP contribution in [0.25, 0.3) is 0 Å². The van der Waals surface area contributed by atoms with E-state index in [1.165, 1.54) is 7.11 Å². The molecule has 28 heavy (non-hydrogen) atoms. The number of halogens is 1. The number of benzene rings is 1. The molecule has 0 radical (unpaired) electrons. The maximum Gasteiger partial charge on any atom is 0.408 e. The van der Waals surface area contributed by atoms with E-state index in [4.69, 9.17) is 21.1 Å². The number of rotatable bonds is 7. The van der Waals surface area contributed by atoms with Crippen LogP contribution in [0.5, 0.6) is 0 Å². The number of ether oxygens (including phenoxy) is 2. The summed E-state index contributed by atoms with van der Waals surface area (Å²) in [5.41, 5.74) is -0.225. The lowest BCUT2D eigenvalue weighted by atomic mass is 9.98. The maximum atomic E-state index is 13.0. The third kappa shape index (κ3) is 7.38. The molecule has 1 aromatic carbocycles. The zero-order chi connectivity index (χ0) is 21.5. The number of carbonyl (C=O) groups is 3. The standard InChI is InChI=1S/C20H29ClN2O5/c1-7-12(2)15(18(25)27-6)22-17(24)16(13-8-10-14(21)11-9-13)23-19(26)28-20(3,4)5/h8-12,15-16H,7H2,1-6H3,(H,22,24)(H,23,26)/t12?,15-,16-/m0/s1. The van der Waals surface area contributed by atoms with Gasteiger partial charge in [0.05, 0.1) is 7.11 Å². The zero-order valence-electron chi connectivity index (χ0n) is 17.2. The van der Waals surface area contributed by atoms with Crippen LogP contribution in [0.15, 0.2) is 24.3 Å². The van der Waals surface area contributed by atoms with Gasteiger partial charge in [0, 0.05) is 5.02 Å². The lowest BCUT2D eigenvalue weighted by Gasteiger charge is -2.26. The lowest BCUT2D eigenvalue weighted by molar-refractivity contribution is -0.146. The van der Waals surface area contributed by atoms with Gasteiger partial charge in [0.1, 0.15) is 17.7 Å². The van der Waals surface area contributed by atoms with E-state index in [1.54, 1.807) is 45.0 Å². The molecule has 3 atom stereocenters. The van der Waals surface area contributed by atoms with Gasteiger partial charge in [0.15, 0.2) is 0 Å². The molecular weight excluding hydrogens is 384 g/mol. The highest BCUT2D eigenvalue weighted by molar-refractivity contribution is 6.30. The van der Waals surface area contributed by atoms with Gasteiger partial charge in [0.25, 0.3) is 0 Å². The summed E-state index contributed by atoms with van der Waals surface area (Å²) in [6.45, 7) is 8.91. The Hall–Kier alpha value is -2.28. The summed E-state index contributed by atoms with van der Waals surface area (Å²) >= 11 is 5.92. The first-order chi connectivity index (χ1) is 13.0. The quantitative estimate of drug-likeness (QED) is 0.667. The van der Waals surface area contributed by atoms with Crippen molar-refractivity contribution in [3.05, 3.63) is 34.9 Å². The topological polar surface area (TPSA) is 93.7 Å². The Morgan fingerprint density at radius 1 is 1.11 bits per heavy atom. The molecule has 7 nitrogen and oxygen atoms in total. The summed E-state index contributed by atoms with van der Waals surface area (Å²) in [4.78, 5) is 37.3. The van der Waals surface area contributed by atoms with E-state index in [9.17, 15) is 14.4 Å². The molecule has 1 unspecified atom stereocenters. The van der Waals surface area contributed by atoms with Crippen molar-refractivity contribution in [2.24, 2.45) is 5.92 Å². The molecular formula is C20H29ClN2O5. The third-order valence-electron chi connectivity index (χ3n) is 4.09. The van der Waals surface area contributed by atoms with Crippen LogP contribution in [-0.2, 0) is 19.1 Å². The Labute approximate surface area is 171 Å². The van der Waals surface area contributed by atoms with Crippen LogP contribution in [0.2, 0.25) is 5.02 Å². The fraction of sp³-hybridized carbons (Fsp3) is 0.550. The molecule has 156 valence electrons. The number of amides is 2. The minimum atomic E-state index is -1.07. The van der Waals surface area contributed by atoms with Crippen molar-refractivity contribution in [2.75, 3.05) is 7.11 Å². The molecule has 0 aliphatic heterocycles. The molecule has 0 aromatic heterocycles. The minimum absolute atomic E-state index is 0.149. The van der Waals surface area contributed by atoms with Gasteiger partial charge in [-0.05, 0) is 44.4 Å². The Morgan fingerprint density at radius 2 is 1.68 bits per heavy atom. The molecule has 8 heteroatoms. The number of carbonyl (C=O) groups excluding carboxylic acids is 3. The molecule has 1 rings (SSSR count). The molecule has 2 amide bonds. The Morgan fingerprint density at radius 3 is 2.14 bits per heavy atom. The third-order valence-corrected chi connectivity index (χ3v) is 4.34. The number of hydrogen-bond donors (Lipinski definition) is 2. The summed E-state index contributed by atoms with van der Waals surface area (Å²) in [6, 6.07) is 4.57. The Bertz CT molecular complexity index is 685. The van der Waals surface area contributed by atoms with Crippen molar-refractivity contribution < 1.29 is 23.9 Å². The van der Waals surface area contributed by atoms with Gasteiger partial charge in [-0.1, -0.05) is 44.0 Å². The van der Waals surface area contributed by atoms with Crippen LogP contribution in [0.1, 0.15) is 52.6 Å². The number of hydrogen-bond acceptors (Lipinski definition) is 5. The SMILES string of the molecule is CCC(C)[C@H](NC(=O)[C@@H](NC(=O)OC(C)(C)C)c1ccc(Cl)cc1)C(=O)OC. The fourth-order valence-electron chi connectivity index (χ4n) is 2.41. The average Bonchev–Trinajstić information content (AvgIpc) is 2.62. The normalized spacial score (nSPS) is 14.4. The van der Waals surface area contributed by atoms with E-state index in [1.807, 2.05) is 13.8 Å². The first kappa shape index (κ1) is 23.8. The molecule has 0 fully saturated rings. The highest BCUT2D eigenvalue weighted by Crippen LogP contribution is 2.19. The number of esters is 1. The van der Waals surface area contributed by atoms with E-state index < -0.39 is 35.7 Å². The highest BCUT2D eigenvalue weighted by Gasteiger charge is 2.32. The molecule has 0 bridgehead atoms. The second kappa shape index (κ2) is 10.3. The lowest BCUT2D eigenvalue weighted by Crippen LogP contribution is -2.50. The zero-order valence-corrected chi connectivity index (χ0v) is 17.9. The van der Waals surface area contributed by atoms with Crippen molar-refractivity contribution in [2.45, 2.75) is 58.7 Å². The summed E-state index contributed by atoms with van der Waals surface area (Å²) in [5.74, 6) is -1.25. The van der Waals surface area contributed by atoms with E-state index in [0.717, 1.165) is 0 Å². The van der Waals surface area contributed by atoms with Gasteiger partial charge in [-0.25, -0.2) is 9.59 Å². The summed E-state index contributed by atoms with van der Waals surface area (Å²) in [6.07, 6.45) is -0.0914. The maximum absolute atomic E-state index is 13.0. The number of alkyl carbamates (subject to hydrolysis) is 1. The van der Waals surface area contributed by atoms with Crippen LogP contribution in [0, 0.1) is 5.92 Å². The average molecular weight is 413 g/mol. The summed E-state index contributed by atoms with van der Waals surface area (Å²) < 4.78 is 10.1. The minimum Gasteiger partial charge on any atom is -0.467 e. The van der Waals surface area contributed by atoms with Gasteiger partial charge in [-0.3, -0.25) is 4.79 Å². The fourth-order valence-corrected chi connectivity index (χ4v) is 2.54. The first-order valence-corrected chi connectivity index (χ1v) is 9.49. The molecule has 0 aliphatic carbocycles. The van der Waals surface area contributed by atoms with Gasteiger partial charge in [-0.2, -0.15) is 0 Å². The van der Waals surface area contributed by atoms with Gasteiger partial charge >= 0.3 is 12.1 Å². The van der Waals surface area contributed by atoms with Crippen LogP contribution in [0.3, 0.4) is 0 Å². The first-order valence-electron chi connectivity index (χ1n) is 9.11. The highest BCUT2D eigenvalue weighted by atomic mass is 35.5. The van der Waals surface area contributed by atoms with E-state index in [-0.39, 0.29) is 5.92 Å². The smallest absolute Gasteiger partial charge is 0.408 e. The van der Waals surface area contributed by atoms with Crippen LogP contribution < -0.4 is 10.6 Å². The van der Waals surface area contributed by atoms with Crippen LogP contribution in [-0.4, -0.2) is 36.7 Å². The van der Waals surface area contributed by atoms with E-state index >= 15 is 0 Å². The molecule has 0 saturated heterocycles. The monoisotopic (exact) mass is 412 g/mol. The van der Waals surface area contributed by atoms with Crippen LogP contribution >= 0.6 is 11.6 Å². The van der Waals surface area contributed by atoms with Crippen LogP contribution in [0.4, 0.5) is 4.79 Å². The van der Waals surface area contributed by atoms with Crippen molar-refractivity contribution in [1.82, 2.24) is 10.6 Å². The van der Waals surface area contributed by atoms with Crippen molar-refractivity contribution >= 4 is 29.6 Å². The second-order valence-electron chi connectivity index (χ2n) is 7.53. The van der Waals surface area contributed by atoms with Gasteiger partial charge in [0.2, 0.25) is 5.91 Å². The van der Waals surface area contributed by atoms with Crippen molar-refractivity contribution in [1.29, 1.82) is 0 Å². The van der Waals surface area contributed by atoms with Gasteiger partial charge < -0.3 is 20.1 Å². The summed E-state index contributed by atoms with van der Waals surface area (Å²) in [7, 11) is 1.26. The molecule has 0 saturated carbocycles. The van der Waals surface area contributed by atoms with E-state index in [0.29, 0.717) is 17.0 Å². The predicted octanol–water partition coefficient (Wildman–Crippen LogP) is 3.61. The molecule has 0 heterocycles. The molecule has 0 spiro atoms. The molecule has 0 aliphatic rings.